The molecule has 1 saturated heterocycles. The zero-order valence-electron chi connectivity index (χ0n) is 18.4. The average Bonchev–Trinajstić information content (AvgIpc) is 3.17. The van der Waals surface area contributed by atoms with Crippen LogP contribution in [-0.4, -0.2) is 29.6 Å². The number of piperidine rings is 1. The third-order valence-corrected chi connectivity index (χ3v) is 7.27. The maximum atomic E-state index is 13.7. The second-order valence-electron chi connectivity index (χ2n) is 9.41. The summed E-state index contributed by atoms with van der Waals surface area (Å²) in [5.41, 5.74) is 8.26. The van der Waals surface area contributed by atoms with E-state index < -0.39 is 0 Å². The van der Waals surface area contributed by atoms with Crippen molar-refractivity contribution in [1.29, 1.82) is 5.26 Å². The maximum Gasteiger partial charge on any atom is 0.195 e. The van der Waals surface area contributed by atoms with Crippen molar-refractivity contribution in [3.8, 4) is 6.07 Å². The Bertz CT molecular complexity index is 1200. The summed E-state index contributed by atoms with van der Waals surface area (Å²) < 4.78 is 0. The Hall–Kier alpha value is -3.13. The second kappa shape index (κ2) is 6.95. The summed E-state index contributed by atoms with van der Waals surface area (Å²) >= 11 is 0. The third-order valence-electron chi connectivity index (χ3n) is 7.27. The molecule has 5 heteroatoms. The number of carbonyl (C=O) groups is 2. The summed E-state index contributed by atoms with van der Waals surface area (Å²) in [7, 11) is 0. The van der Waals surface area contributed by atoms with E-state index in [1.54, 1.807) is 0 Å². The van der Waals surface area contributed by atoms with Crippen molar-refractivity contribution in [2.75, 3.05) is 18.0 Å². The summed E-state index contributed by atoms with van der Waals surface area (Å²) in [5, 5.41) is 9.32. The number of aromatic nitrogens is 1. The molecule has 0 saturated carbocycles. The molecule has 0 amide bonds. The van der Waals surface area contributed by atoms with Gasteiger partial charge in [-0.25, -0.2) is 0 Å². The van der Waals surface area contributed by atoms with Gasteiger partial charge in [-0.1, -0.05) is 20.8 Å². The van der Waals surface area contributed by atoms with Crippen LogP contribution in [0.2, 0.25) is 0 Å². The smallest absolute Gasteiger partial charge is 0.195 e. The summed E-state index contributed by atoms with van der Waals surface area (Å²) in [6.45, 7) is 7.94. The van der Waals surface area contributed by atoms with Crippen molar-refractivity contribution < 1.29 is 9.59 Å². The lowest BCUT2D eigenvalue weighted by Crippen LogP contribution is -2.36. The fourth-order valence-electron chi connectivity index (χ4n) is 5.44. The molecule has 2 heterocycles. The number of ketones is 2. The number of nitrogens with one attached hydrogen (secondary N) is 1. The Morgan fingerprint density at radius 1 is 1.13 bits per heavy atom. The summed E-state index contributed by atoms with van der Waals surface area (Å²) in [4.78, 5) is 31.3. The lowest BCUT2D eigenvalue weighted by atomic mass is 9.70. The molecule has 1 aromatic carbocycles. The molecule has 31 heavy (non-hydrogen) atoms. The van der Waals surface area contributed by atoms with Crippen molar-refractivity contribution in [2.45, 2.75) is 58.3 Å². The molecule has 0 radical (unpaired) electrons. The number of carbonyl (C=O) groups excluding carboxylic acids is 2. The highest BCUT2D eigenvalue weighted by Crippen LogP contribution is 2.46. The normalized spacial score (nSPS) is 19.3. The largest absolute Gasteiger partial charge is 0.370 e. The molecule has 0 bridgehead atoms. The summed E-state index contributed by atoms with van der Waals surface area (Å²) in [5.74, 6) is 0.417. The standard InChI is InChI=1S/C26H27N3O2/c1-4-16-12-19-20(13-22(16)29-9-7-17(30)8-10-29)26(2,3)25-23(24(19)31)18-6-5-15(14-27)11-21(18)28-25/h11-13,28H,4-10H2,1-3H3. The molecule has 0 unspecified atom stereocenters. The van der Waals surface area contributed by atoms with Gasteiger partial charge < -0.3 is 9.88 Å². The maximum absolute atomic E-state index is 13.7. The fraction of sp³-hybridized carbons (Fsp3) is 0.423. The summed E-state index contributed by atoms with van der Waals surface area (Å²) in [6, 6.07) is 6.55. The first-order valence-electron chi connectivity index (χ1n) is 11.2. The molecule has 2 aliphatic carbocycles. The minimum atomic E-state index is -0.358. The molecular weight excluding hydrogens is 386 g/mol. The Morgan fingerprint density at radius 3 is 2.55 bits per heavy atom. The van der Waals surface area contributed by atoms with Crippen molar-refractivity contribution in [3.63, 3.8) is 0 Å². The van der Waals surface area contributed by atoms with E-state index in [1.165, 1.54) is 0 Å². The Kier molecular flexibility index (Phi) is 4.44. The molecule has 5 nitrogen and oxygen atoms in total. The van der Waals surface area contributed by atoms with E-state index in [1.807, 2.05) is 6.08 Å². The van der Waals surface area contributed by atoms with E-state index in [4.69, 9.17) is 0 Å². The van der Waals surface area contributed by atoms with Crippen LogP contribution in [0.15, 0.2) is 17.7 Å². The van der Waals surface area contributed by atoms with Gasteiger partial charge in [-0.15, -0.1) is 0 Å². The zero-order chi connectivity index (χ0) is 21.9. The van der Waals surface area contributed by atoms with E-state index in [9.17, 15) is 14.9 Å². The van der Waals surface area contributed by atoms with Crippen molar-refractivity contribution >= 4 is 23.3 Å². The average molecular weight is 414 g/mol. The van der Waals surface area contributed by atoms with Gasteiger partial charge in [0.1, 0.15) is 5.78 Å². The highest BCUT2D eigenvalue weighted by atomic mass is 16.1. The first-order chi connectivity index (χ1) is 14.8. The number of H-pyrrole nitrogens is 1. The second-order valence-corrected chi connectivity index (χ2v) is 9.41. The van der Waals surface area contributed by atoms with Crippen molar-refractivity contribution in [3.05, 3.63) is 56.9 Å². The van der Waals surface area contributed by atoms with Crippen LogP contribution in [0, 0.1) is 11.3 Å². The molecule has 1 fully saturated rings. The van der Waals surface area contributed by atoms with Crippen molar-refractivity contribution in [1.82, 2.24) is 4.98 Å². The number of benzene rings is 1. The Balaban J connectivity index is 1.67. The topological polar surface area (TPSA) is 77.0 Å². The van der Waals surface area contributed by atoms with Gasteiger partial charge in [-0.2, -0.15) is 5.26 Å². The number of anilines is 1. The molecule has 1 N–H and O–H groups in total. The molecule has 3 aliphatic rings. The fourth-order valence-corrected chi connectivity index (χ4v) is 5.44. The number of nitriles is 1. The molecule has 0 spiro atoms. The van der Waals surface area contributed by atoms with E-state index in [0.29, 0.717) is 25.0 Å². The van der Waals surface area contributed by atoms with Gasteiger partial charge in [0.2, 0.25) is 0 Å². The number of nitrogens with zero attached hydrogens (tertiary/aromatic N) is 2. The van der Waals surface area contributed by atoms with Crippen molar-refractivity contribution in [2.24, 2.45) is 0 Å². The molecular formula is C26H27N3O2. The van der Waals surface area contributed by atoms with Crippen LogP contribution in [0.5, 0.6) is 0 Å². The molecule has 5 rings (SSSR count). The first kappa shape index (κ1) is 19.8. The van der Waals surface area contributed by atoms with Gasteiger partial charge in [-0.05, 0) is 54.2 Å². The summed E-state index contributed by atoms with van der Waals surface area (Å²) in [6.07, 6.45) is 5.32. The molecule has 2 aromatic rings. The molecule has 1 aromatic heterocycles. The number of hydrogen-bond acceptors (Lipinski definition) is 4. The molecule has 0 atom stereocenters. The van der Waals surface area contributed by atoms with E-state index in [-0.39, 0.29) is 11.2 Å². The zero-order valence-corrected chi connectivity index (χ0v) is 18.4. The number of rotatable bonds is 2. The van der Waals surface area contributed by atoms with E-state index >= 15 is 0 Å². The van der Waals surface area contributed by atoms with Crippen LogP contribution in [0.4, 0.5) is 5.69 Å². The van der Waals surface area contributed by atoms with Gasteiger partial charge in [0.25, 0.3) is 0 Å². The monoisotopic (exact) mass is 413 g/mol. The Labute approximate surface area is 182 Å². The highest BCUT2D eigenvalue weighted by Gasteiger charge is 2.42. The van der Waals surface area contributed by atoms with Gasteiger partial charge in [-0.3, -0.25) is 9.59 Å². The first-order valence-corrected chi connectivity index (χ1v) is 11.2. The Morgan fingerprint density at radius 2 is 1.87 bits per heavy atom. The van der Waals surface area contributed by atoms with Crippen LogP contribution < -0.4 is 4.90 Å². The van der Waals surface area contributed by atoms with Gasteiger partial charge >= 0.3 is 0 Å². The molecule has 158 valence electrons. The number of Topliss-reactive ketones (excluding diaryl/α,β-unsaturated/α-hetero) is 1. The van der Waals surface area contributed by atoms with Crippen LogP contribution >= 0.6 is 0 Å². The van der Waals surface area contributed by atoms with Gasteiger partial charge in [0, 0.05) is 65.1 Å². The number of aromatic amines is 1. The lowest BCUT2D eigenvalue weighted by molar-refractivity contribution is -0.119. The van der Waals surface area contributed by atoms with Crippen LogP contribution in [0.25, 0.3) is 6.08 Å². The molecule has 1 aliphatic heterocycles. The van der Waals surface area contributed by atoms with E-state index in [2.05, 4.69) is 48.9 Å². The predicted octanol–water partition coefficient (Wildman–Crippen LogP) is 4.47. The number of allylic oxidation sites excluding steroid dienone is 1. The quantitative estimate of drug-likeness (QED) is 0.788. The van der Waals surface area contributed by atoms with Gasteiger partial charge in [0.15, 0.2) is 5.78 Å². The third kappa shape index (κ3) is 2.89. The highest BCUT2D eigenvalue weighted by molar-refractivity contribution is 6.15. The number of hydrogen-bond donors (Lipinski definition) is 1. The SMILES string of the molecule is CCc1cc2c(cc1N1CCC(=O)CC1)C(C)(C)c1[nH]c3c(c1C2=O)CCC(C#N)=C3. The van der Waals surface area contributed by atoms with E-state index in [0.717, 1.165) is 76.4 Å². The van der Waals surface area contributed by atoms with Gasteiger partial charge in [0.05, 0.1) is 6.07 Å². The number of aryl methyl sites for hydroxylation is 1. The van der Waals surface area contributed by atoms with Crippen LogP contribution in [-0.2, 0) is 23.1 Å². The number of fused-ring (bicyclic) bond motifs is 4. The van der Waals surface area contributed by atoms with Crippen LogP contribution in [0.3, 0.4) is 0 Å². The minimum Gasteiger partial charge on any atom is -0.370 e. The minimum absolute atomic E-state index is 0.0886. The lowest BCUT2D eigenvalue weighted by Gasteiger charge is -2.36. The van der Waals surface area contributed by atoms with Crippen LogP contribution in [0.1, 0.15) is 84.0 Å². The predicted molar refractivity (Wildman–Crippen MR) is 121 cm³/mol.